The maximum absolute atomic E-state index is 12.0. The van der Waals surface area contributed by atoms with Gasteiger partial charge in [0.2, 0.25) is 5.78 Å². The first-order chi connectivity index (χ1) is 9.08. The molecule has 0 amide bonds. The van der Waals surface area contributed by atoms with E-state index in [2.05, 4.69) is 18.1 Å². The van der Waals surface area contributed by atoms with Gasteiger partial charge in [0.05, 0.1) is 0 Å². The molecule has 0 unspecified atom stereocenters. The van der Waals surface area contributed by atoms with E-state index < -0.39 is 0 Å². The van der Waals surface area contributed by atoms with Crippen LogP contribution < -0.4 is 0 Å². The van der Waals surface area contributed by atoms with Crippen molar-refractivity contribution in [2.75, 3.05) is 0 Å². The molecule has 0 fully saturated rings. The second-order valence-corrected chi connectivity index (χ2v) is 4.57. The molecular formula is C15H12ClNO2. The molecule has 0 aliphatic rings. The van der Waals surface area contributed by atoms with Crippen LogP contribution in [0.4, 0.5) is 0 Å². The summed E-state index contributed by atoms with van der Waals surface area (Å²) < 4.78 is 5.51. The summed E-state index contributed by atoms with van der Waals surface area (Å²) in [7, 11) is 0. The van der Waals surface area contributed by atoms with E-state index in [-0.39, 0.29) is 18.0 Å². The van der Waals surface area contributed by atoms with Crippen LogP contribution in [0, 0.1) is 0 Å². The fourth-order valence-corrected chi connectivity index (χ4v) is 1.77. The summed E-state index contributed by atoms with van der Waals surface area (Å²) in [6, 6.07) is 7.01. The van der Waals surface area contributed by atoms with Gasteiger partial charge in [-0.25, -0.2) is 0 Å². The Labute approximate surface area is 116 Å². The van der Waals surface area contributed by atoms with Crippen molar-refractivity contribution in [3.63, 3.8) is 0 Å². The SMILES string of the molecule is C=C(Cl)CC(=C)C(=O)c1ccc(-c2cccnc2)o1. The van der Waals surface area contributed by atoms with Crippen molar-refractivity contribution in [1.29, 1.82) is 0 Å². The number of ketones is 1. The van der Waals surface area contributed by atoms with E-state index in [1.807, 2.05) is 6.07 Å². The average molecular weight is 274 g/mol. The number of nitrogens with zero attached hydrogens (tertiary/aromatic N) is 1. The number of furan rings is 1. The van der Waals surface area contributed by atoms with Crippen LogP contribution in [0.5, 0.6) is 0 Å². The number of carbonyl (C=O) groups excluding carboxylic acids is 1. The summed E-state index contributed by atoms with van der Waals surface area (Å²) >= 11 is 5.66. The number of halogens is 1. The molecule has 0 spiro atoms. The van der Waals surface area contributed by atoms with Crippen molar-refractivity contribution in [2.45, 2.75) is 6.42 Å². The van der Waals surface area contributed by atoms with Crippen LogP contribution in [-0.2, 0) is 0 Å². The highest BCUT2D eigenvalue weighted by Crippen LogP contribution is 2.23. The van der Waals surface area contributed by atoms with Crippen molar-refractivity contribution < 1.29 is 9.21 Å². The van der Waals surface area contributed by atoms with E-state index in [1.165, 1.54) is 0 Å². The smallest absolute Gasteiger partial charge is 0.223 e. The molecule has 3 nitrogen and oxygen atoms in total. The number of hydrogen-bond acceptors (Lipinski definition) is 3. The Hall–Kier alpha value is -2.13. The third-order valence-electron chi connectivity index (χ3n) is 2.50. The molecule has 0 bridgehead atoms. The van der Waals surface area contributed by atoms with E-state index in [4.69, 9.17) is 16.0 Å². The summed E-state index contributed by atoms with van der Waals surface area (Å²) in [5, 5.41) is 0.373. The van der Waals surface area contributed by atoms with Crippen molar-refractivity contribution in [3.05, 3.63) is 66.2 Å². The molecule has 0 atom stereocenters. The highest BCUT2D eigenvalue weighted by molar-refractivity contribution is 6.29. The third kappa shape index (κ3) is 3.20. The van der Waals surface area contributed by atoms with Gasteiger partial charge in [-0.1, -0.05) is 24.8 Å². The Balaban J connectivity index is 2.20. The standard InChI is InChI=1S/C15H12ClNO2/c1-10(8-11(2)16)15(18)14-6-5-13(19-14)12-4-3-7-17-9-12/h3-7,9H,1-2,8H2. The summed E-state index contributed by atoms with van der Waals surface area (Å²) in [6.45, 7) is 7.22. The molecule has 0 saturated carbocycles. The summed E-state index contributed by atoms with van der Waals surface area (Å²) in [6.07, 6.45) is 3.60. The zero-order valence-electron chi connectivity index (χ0n) is 10.2. The topological polar surface area (TPSA) is 43.1 Å². The van der Waals surface area contributed by atoms with Crippen molar-refractivity contribution >= 4 is 17.4 Å². The van der Waals surface area contributed by atoms with Crippen LogP contribution >= 0.6 is 11.6 Å². The highest BCUT2D eigenvalue weighted by Gasteiger charge is 2.15. The number of Topliss-reactive ketones (excluding diaryl/α,β-unsaturated/α-hetero) is 1. The van der Waals surface area contributed by atoms with Gasteiger partial charge < -0.3 is 4.42 Å². The van der Waals surface area contributed by atoms with Crippen molar-refractivity contribution in [1.82, 2.24) is 4.98 Å². The van der Waals surface area contributed by atoms with E-state index in [0.29, 0.717) is 16.4 Å². The van der Waals surface area contributed by atoms with E-state index >= 15 is 0 Å². The van der Waals surface area contributed by atoms with Gasteiger partial charge in [-0.05, 0) is 24.3 Å². The number of allylic oxidation sites excluding steroid dienone is 2. The quantitative estimate of drug-likeness (QED) is 0.605. The summed E-state index contributed by atoms with van der Waals surface area (Å²) in [5.74, 6) is 0.563. The van der Waals surface area contributed by atoms with Gasteiger partial charge in [-0.2, -0.15) is 0 Å². The van der Waals surface area contributed by atoms with Crippen LogP contribution in [0.15, 0.2) is 64.8 Å². The van der Waals surface area contributed by atoms with Crippen LogP contribution in [-0.4, -0.2) is 10.8 Å². The second-order valence-electron chi connectivity index (χ2n) is 4.03. The molecule has 19 heavy (non-hydrogen) atoms. The Bertz CT molecular complexity index is 629. The van der Waals surface area contributed by atoms with Crippen molar-refractivity contribution in [3.8, 4) is 11.3 Å². The largest absolute Gasteiger partial charge is 0.453 e. The molecular weight excluding hydrogens is 262 g/mol. The van der Waals surface area contributed by atoms with Gasteiger partial charge in [-0.15, -0.1) is 0 Å². The second kappa shape index (κ2) is 5.67. The van der Waals surface area contributed by atoms with Gasteiger partial charge in [0, 0.05) is 35.0 Å². The normalized spacial score (nSPS) is 10.2. The number of aromatic nitrogens is 1. The van der Waals surface area contributed by atoms with Gasteiger partial charge in [0.15, 0.2) is 5.76 Å². The lowest BCUT2D eigenvalue weighted by Crippen LogP contribution is -2.00. The van der Waals surface area contributed by atoms with Gasteiger partial charge in [0.1, 0.15) is 5.76 Å². The zero-order valence-corrected chi connectivity index (χ0v) is 11.0. The zero-order chi connectivity index (χ0) is 13.8. The first kappa shape index (κ1) is 13.3. The fourth-order valence-electron chi connectivity index (χ4n) is 1.61. The molecule has 0 N–H and O–H groups in total. The maximum atomic E-state index is 12.0. The molecule has 0 aliphatic carbocycles. The Morgan fingerprint density at radius 3 is 2.74 bits per heavy atom. The molecule has 0 aromatic carbocycles. The summed E-state index contributed by atoms with van der Waals surface area (Å²) in [5.41, 5.74) is 1.17. The van der Waals surface area contributed by atoms with Gasteiger partial charge >= 0.3 is 0 Å². The molecule has 0 saturated heterocycles. The van der Waals surface area contributed by atoms with Crippen LogP contribution in [0.2, 0.25) is 0 Å². The minimum atomic E-state index is -0.267. The van der Waals surface area contributed by atoms with Crippen molar-refractivity contribution in [2.24, 2.45) is 0 Å². The van der Waals surface area contributed by atoms with Crippen LogP contribution in [0.25, 0.3) is 11.3 Å². The molecule has 2 heterocycles. The lowest BCUT2D eigenvalue weighted by atomic mass is 10.1. The predicted octanol–water partition coefficient (Wildman–Crippen LogP) is 4.22. The molecule has 0 radical (unpaired) electrons. The molecule has 2 aromatic heterocycles. The Morgan fingerprint density at radius 2 is 2.11 bits per heavy atom. The summed E-state index contributed by atoms with van der Waals surface area (Å²) in [4.78, 5) is 16.0. The maximum Gasteiger partial charge on any atom is 0.223 e. The number of hydrogen-bond donors (Lipinski definition) is 0. The average Bonchev–Trinajstić information content (AvgIpc) is 2.87. The lowest BCUT2D eigenvalue weighted by molar-refractivity contribution is 0.100. The monoisotopic (exact) mass is 273 g/mol. The fraction of sp³-hybridized carbons (Fsp3) is 0.0667. The third-order valence-corrected chi connectivity index (χ3v) is 2.64. The van der Waals surface area contributed by atoms with E-state index in [0.717, 1.165) is 5.56 Å². The van der Waals surface area contributed by atoms with E-state index in [1.54, 1.807) is 30.6 Å². The number of rotatable bonds is 5. The lowest BCUT2D eigenvalue weighted by Gasteiger charge is -2.00. The minimum Gasteiger partial charge on any atom is -0.453 e. The molecule has 4 heteroatoms. The number of carbonyl (C=O) groups is 1. The molecule has 2 rings (SSSR count). The van der Waals surface area contributed by atoms with Gasteiger partial charge in [0.25, 0.3) is 0 Å². The molecule has 0 aliphatic heterocycles. The first-order valence-electron chi connectivity index (χ1n) is 5.64. The minimum absolute atomic E-state index is 0.238. The predicted molar refractivity (Wildman–Crippen MR) is 75.0 cm³/mol. The first-order valence-corrected chi connectivity index (χ1v) is 6.01. The Morgan fingerprint density at radius 1 is 1.32 bits per heavy atom. The van der Waals surface area contributed by atoms with Crippen LogP contribution in [0.3, 0.4) is 0 Å². The molecule has 96 valence electrons. The van der Waals surface area contributed by atoms with Crippen LogP contribution in [0.1, 0.15) is 17.0 Å². The van der Waals surface area contributed by atoms with Gasteiger partial charge in [-0.3, -0.25) is 9.78 Å². The number of pyridine rings is 1. The van der Waals surface area contributed by atoms with E-state index in [9.17, 15) is 4.79 Å². The Kier molecular flexibility index (Phi) is 3.97. The highest BCUT2D eigenvalue weighted by atomic mass is 35.5. The molecule has 2 aromatic rings.